The number of hydrogen-bond donors (Lipinski definition) is 1. The molecule has 0 aromatic carbocycles. The molecule has 2 heterocycles. The molecule has 1 atom stereocenters. The van der Waals surface area contributed by atoms with Gasteiger partial charge in [-0.15, -0.1) is 0 Å². The van der Waals surface area contributed by atoms with Crippen LogP contribution in [0.3, 0.4) is 0 Å². The highest BCUT2D eigenvalue weighted by molar-refractivity contribution is 5.29. The molecule has 1 aromatic heterocycles. The predicted molar refractivity (Wildman–Crippen MR) is 73.8 cm³/mol. The zero-order valence-corrected chi connectivity index (χ0v) is 11.3. The third-order valence-electron chi connectivity index (χ3n) is 3.29. The van der Waals surface area contributed by atoms with Gasteiger partial charge in [0, 0.05) is 51.2 Å². The zero-order valence-electron chi connectivity index (χ0n) is 11.3. The zero-order chi connectivity index (χ0) is 12.8. The molecule has 1 unspecified atom stereocenters. The number of nitrogens with one attached hydrogen (secondary N) is 1. The van der Waals surface area contributed by atoms with Crippen LogP contribution in [0.15, 0.2) is 18.5 Å². The molecular weight excluding hydrogens is 226 g/mol. The number of anilines is 1. The molecule has 100 valence electrons. The van der Waals surface area contributed by atoms with Gasteiger partial charge in [0.2, 0.25) is 5.95 Å². The molecule has 2 rings (SSSR count). The third kappa shape index (κ3) is 3.65. The molecule has 18 heavy (non-hydrogen) atoms. The first-order valence-corrected chi connectivity index (χ1v) is 6.77. The summed E-state index contributed by atoms with van der Waals surface area (Å²) in [5.74, 6) is 0.858. The van der Waals surface area contributed by atoms with Crippen LogP contribution in [0, 0.1) is 0 Å². The van der Waals surface area contributed by atoms with Crippen LogP contribution in [-0.4, -0.2) is 60.2 Å². The molecule has 1 aliphatic heterocycles. The van der Waals surface area contributed by atoms with E-state index in [9.17, 15) is 0 Å². The molecule has 0 aliphatic carbocycles. The molecule has 0 bridgehead atoms. The lowest BCUT2D eigenvalue weighted by Gasteiger charge is -2.35. The van der Waals surface area contributed by atoms with E-state index in [1.807, 2.05) is 18.5 Å². The predicted octanol–water partition coefficient (Wildman–Crippen LogP) is 0.597. The van der Waals surface area contributed by atoms with Crippen LogP contribution in [0.25, 0.3) is 0 Å². The molecule has 1 saturated heterocycles. The van der Waals surface area contributed by atoms with Gasteiger partial charge in [-0.25, -0.2) is 9.97 Å². The van der Waals surface area contributed by atoms with Crippen LogP contribution in [0.4, 0.5) is 5.95 Å². The van der Waals surface area contributed by atoms with Crippen molar-refractivity contribution in [3.05, 3.63) is 18.5 Å². The molecule has 1 N–H and O–H groups in total. The number of nitrogens with zero attached hydrogens (tertiary/aromatic N) is 4. The van der Waals surface area contributed by atoms with Gasteiger partial charge in [-0.1, -0.05) is 6.92 Å². The monoisotopic (exact) mass is 249 g/mol. The number of piperazine rings is 1. The van der Waals surface area contributed by atoms with E-state index in [-0.39, 0.29) is 0 Å². The standard InChI is InChI=1S/C13H23N5/c1-3-14-12(2)11-17-7-9-18(10-8-17)13-15-5-4-6-16-13/h4-6,12,14H,3,7-11H2,1-2H3. The molecule has 0 spiro atoms. The average Bonchev–Trinajstić information content (AvgIpc) is 2.41. The van der Waals surface area contributed by atoms with Crippen LogP contribution in [-0.2, 0) is 0 Å². The summed E-state index contributed by atoms with van der Waals surface area (Å²) in [5.41, 5.74) is 0. The smallest absolute Gasteiger partial charge is 0.225 e. The lowest BCUT2D eigenvalue weighted by atomic mass is 10.2. The number of hydrogen-bond acceptors (Lipinski definition) is 5. The van der Waals surface area contributed by atoms with E-state index >= 15 is 0 Å². The molecule has 0 amide bonds. The van der Waals surface area contributed by atoms with Crippen LogP contribution in [0.1, 0.15) is 13.8 Å². The van der Waals surface area contributed by atoms with Gasteiger partial charge in [0.15, 0.2) is 0 Å². The van der Waals surface area contributed by atoms with Crippen LogP contribution in [0.5, 0.6) is 0 Å². The molecule has 0 saturated carbocycles. The summed E-state index contributed by atoms with van der Waals surface area (Å²) in [7, 11) is 0. The summed E-state index contributed by atoms with van der Waals surface area (Å²) >= 11 is 0. The largest absolute Gasteiger partial charge is 0.338 e. The van der Waals surface area contributed by atoms with E-state index in [0.29, 0.717) is 6.04 Å². The third-order valence-corrected chi connectivity index (χ3v) is 3.29. The Labute approximate surface area is 109 Å². The molecule has 0 radical (unpaired) electrons. The second-order valence-corrected chi connectivity index (χ2v) is 4.80. The summed E-state index contributed by atoms with van der Waals surface area (Å²) in [6.45, 7) is 10.8. The Morgan fingerprint density at radius 1 is 1.22 bits per heavy atom. The van der Waals surface area contributed by atoms with E-state index in [1.165, 1.54) is 0 Å². The highest BCUT2D eigenvalue weighted by atomic mass is 15.3. The first kappa shape index (κ1) is 13.2. The Morgan fingerprint density at radius 3 is 2.50 bits per heavy atom. The van der Waals surface area contributed by atoms with Crippen molar-refractivity contribution < 1.29 is 0 Å². The van der Waals surface area contributed by atoms with E-state index < -0.39 is 0 Å². The minimum absolute atomic E-state index is 0.564. The van der Waals surface area contributed by atoms with Crippen molar-refractivity contribution in [1.29, 1.82) is 0 Å². The van der Waals surface area contributed by atoms with E-state index in [0.717, 1.165) is 45.2 Å². The fourth-order valence-corrected chi connectivity index (χ4v) is 2.39. The van der Waals surface area contributed by atoms with Gasteiger partial charge >= 0.3 is 0 Å². The lowest BCUT2D eigenvalue weighted by Crippen LogP contribution is -2.50. The van der Waals surface area contributed by atoms with E-state index in [4.69, 9.17) is 0 Å². The van der Waals surface area contributed by atoms with E-state index in [2.05, 4.69) is 38.9 Å². The first-order valence-electron chi connectivity index (χ1n) is 6.77. The molecule has 5 heteroatoms. The van der Waals surface area contributed by atoms with Gasteiger partial charge in [-0.3, -0.25) is 4.90 Å². The van der Waals surface area contributed by atoms with Crippen molar-refractivity contribution >= 4 is 5.95 Å². The summed E-state index contributed by atoms with van der Waals surface area (Å²) < 4.78 is 0. The van der Waals surface area contributed by atoms with Crippen LogP contribution >= 0.6 is 0 Å². The van der Waals surface area contributed by atoms with Crippen molar-refractivity contribution in [2.45, 2.75) is 19.9 Å². The van der Waals surface area contributed by atoms with E-state index in [1.54, 1.807) is 0 Å². The van der Waals surface area contributed by atoms with Crippen molar-refractivity contribution in [1.82, 2.24) is 20.2 Å². The Kier molecular flexibility index (Phi) is 4.90. The second kappa shape index (κ2) is 6.66. The normalized spacial score (nSPS) is 18.9. The Morgan fingerprint density at radius 2 is 1.89 bits per heavy atom. The summed E-state index contributed by atoms with van der Waals surface area (Å²) in [5, 5.41) is 3.46. The Bertz CT molecular complexity index is 334. The minimum Gasteiger partial charge on any atom is -0.338 e. The summed E-state index contributed by atoms with van der Waals surface area (Å²) in [6.07, 6.45) is 3.61. The number of aromatic nitrogens is 2. The quantitative estimate of drug-likeness (QED) is 0.828. The van der Waals surface area contributed by atoms with Crippen molar-refractivity contribution in [3.63, 3.8) is 0 Å². The van der Waals surface area contributed by atoms with Gasteiger partial charge < -0.3 is 10.2 Å². The van der Waals surface area contributed by atoms with Gasteiger partial charge in [-0.05, 0) is 19.5 Å². The summed E-state index contributed by atoms with van der Waals surface area (Å²) in [4.78, 5) is 13.4. The Balaban J connectivity index is 1.78. The van der Waals surface area contributed by atoms with Gasteiger partial charge in [0.05, 0.1) is 0 Å². The highest BCUT2D eigenvalue weighted by Crippen LogP contribution is 2.09. The highest BCUT2D eigenvalue weighted by Gasteiger charge is 2.19. The minimum atomic E-state index is 0.564. The van der Waals surface area contributed by atoms with Crippen molar-refractivity contribution in [3.8, 4) is 0 Å². The maximum atomic E-state index is 4.30. The first-order chi connectivity index (χ1) is 8.79. The van der Waals surface area contributed by atoms with Crippen LogP contribution in [0.2, 0.25) is 0 Å². The van der Waals surface area contributed by atoms with Gasteiger partial charge in [-0.2, -0.15) is 0 Å². The lowest BCUT2D eigenvalue weighted by molar-refractivity contribution is 0.234. The maximum Gasteiger partial charge on any atom is 0.225 e. The topological polar surface area (TPSA) is 44.3 Å². The second-order valence-electron chi connectivity index (χ2n) is 4.80. The fraction of sp³-hybridized carbons (Fsp3) is 0.692. The van der Waals surface area contributed by atoms with Crippen LogP contribution < -0.4 is 10.2 Å². The average molecular weight is 249 g/mol. The van der Waals surface area contributed by atoms with Crippen molar-refractivity contribution in [2.75, 3.05) is 44.2 Å². The molecule has 1 aliphatic rings. The number of rotatable bonds is 5. The maximum absolute atomic E-state index is 4.30. The number of likely N-dealkylation sites (N-methyl/N-ethyl adjacent to an activating group) is 1. The Hall–Kier alpha value is -1.20. The molecule has 1 fully saturated rings. The SMILES string of the molecule is CCNC(C)CN1CCN(c2ncccn2)CC1. The molecular formula is C13H23N5. The van der Waals surface area contributed by atoms with Gasteiger partial charge in [0.25, 0.3) is 0 Å². The molecule has 1 aromatic rings. The molecule has 5 nitrogen and oxygen atoms in total. The van der Waals surface area contributed by atoms with Gasteiger partial charge in [0.1, 0.15) is 0 Å². The van der Waals surface area contributed by atoms with Crippen molar-refractivity contribution in [2.24, 2.45) is 0 Å². The summed E-state index contributed by atoms with van der Waals surface area (Å²) in [6, 6.07) is 2.42. The fourth-order valence-electron chi connectivity index (χ4n) is 2.39.